The van der Waals surface area contributed by atoms with Crippen molar-refractivity contribution < 1.29 is 33.0 Å². The highest BCUT2D eigenvalue weighted by Gasteiger charge is 2.33. The van der Waals surface area contributed by atoms with Gasteiger partial charge in [-0.2, -0.15) is 0 Å². The number of sulfonamides is 1. The number of urea groups is 1. The van der Waals surface area contributed by atoms with E-state index in [2.05, 4.69) is 30.6 Å². The van der Waals surface area contributed by atoms with Crippen molar-refractivity contribution in [3.8, 4) is 0 Å². The second-order valence-electron chi connectivity index (χ2n) is 14.6. The number of aliphatic hydroxyl groups excluding tert-OH is 2. The Balaban J connectivity index is 1.51. The Hall–Kier alpha value is -3.57. The molecule has 5 atom stereocenters. The fourth-order valence-corrected chi connectivity index (χ4v) is 7.54. The van der Waals surface area contributed by atoms with Crippen LogP contribution in [-0.2, 0) is 32.5 Å². The van der Waals surface area contributed by atoms with E-state index >= 15 is 0 Å². The van der Waals surface area contributed by atoms with Gasteiger partial charge < -0.3 is 41.8 Å². The number of rotatable bonds is 18. The Morgan fingerprint density at radius 1 is 0.942 bits per heavy atom. The number of likely N-dealkylation sites (tertiary alicyclic amines) is 1. The number of aromatic amines is 1. The summed E-state index contributed by atoms with van der Waals surface area (Å²) >= 11 is 0. The number of nitrogens with one attached hydrogen (secondary N) is 5. The average Bonchev–Trinajstić information content (AvgIpc) is 3.64. The summed E-state index contributed by atoms with van der Waals surface area (Å²) in [4.78, 5) is 50.2. The Morgan fingerprint density at radius 2 is 1.60 bits per heavy atom. The summed E-state index contributed by atoms with van der Waals surface area (Å²) in [6, 6.07) is 6.02. The monoisotopic (exact) mass is 746 g/mol. The highest BCUT2D eigenvalue weighted by molar-refractivity contribution is 7.90. The highest BCUT2D eigenvalue weighted by atomic mass is 32.2. The van der Waals surface area contributed by atoms with Gasteiger partial charge >= 0.3 is 6.03 Å². The molecule has 1 aliphatic heterocycles. The lowest BCUT2D eigenvalue weighted by molar-refractivity contribution is -0.131. The average molecular weight is 747 g/mol. The molecule has 1 saturated carbocycles. The van der Waals surface area contributed by atoms with E-state index in [1.54, 1.807) is 11.1 Å². The van der Waals surface area contributed by atoms with Gasteiger partial charge in [0.25, 0.3) is 0 Å². The number of nitrogens with zero attached hydrogens (tertiary/aromatic N) is 2. The van der Waals surface area contributed by atoms with Gasteiger partial charge in [0.1, 0.15) is 12.1 Å². The Labute approximate surface area is 307 Å². The lowest BCUT2D eigenvalue weighted by atomic mass is 9.83. The molecule has 2 aromatic rings. The minimum atomic E-state index is -3.63. The molecule has 0 spiro atoms. The van der Waals surface area contributed by atoms with Crippen molar-refractivity contribution in [3.63, 3.8) is 0 Å². The largest absolute Gasteiger partial charge is 0.392 e. The molecule has 1 saturated heterocycles. The van der Waals surface area contributed by atoms with Crippen LogP contribution in [0.25, 0.3) is 0 Å². The number of H-pyrrole nitrogens is 1. The zero-order chi connectivity index (χ0) is 37.7. The molecule has 15 nitrogen and oxygen atoms in total. The number of piperidine rings is 1. The van der Waals surface area contributed by atoms with Gasteiger partial charge in [-0.1, -0.05) is 62.4 Å². The molecule has 0 radical (unpaired) electrons. The maximum atomic E-state index is 14.1. The van der Waals surface area contributed by atoms with Crippen molar-refractivity contribution in [2.24, 2.45) is 11.7 Å². The molecule has 1 aromatic carbocycles. The summed E-state index contributed by atoms with van der Waals surface area (Å²) in [5.74, 6) is -0.865. The summed E-state index contributed by atoms with van der Waals surface area (Å²) in [5.41, 5.74) is 7.45. The Bertz CT molecular complexity index is 1500. The maximum Gasteiger partial charge on any atom is 0.318 e. The molecule has 9 N–H and O–H groups in total. The van der Waals surface area contributed by atoms with Crippen molar-refractivity contribution in [1.29, 1.82) is 0 Å². The van der Waals surface area contributed by atoms with Crippen LogP contribution in [0.1, 0.15) is 82.9 Å². The standard InChI is InChI=1S/C36H58N8O7S/c1-24(2)52(50,51)40-22-29(45)20-33(46)30(17-25-9-5-3-6-10-25)41-35(48)32(19-28-21-38-23-39-28)42-34(47)31(18-26-11-7-4-8-12-26)43-36(49)44-15-13-27(37)14-16-44/h4,7-8,11-12,21,23-25,27,29-33,40,45-46H,3,5-6,9-10,13-20,22,37H2,1-2H3,(H,38,39)(H,41,48)(H,42,47)(H,43,49)/t29-,30+,31+,32+,33+/m1/s1. The van der Waals surface area contributed by atoms with Crippen LogP contribution in [0, 0.1) is 5.92 Å². The van der Waals surface area contributed by atoms with Crippen molar-refractivity contribution in [1.82, 2.24) is 35.5 Å². The normalized spacial score (nSPS) is 19.0. The molecule has 2 fully saturated rings. The van der Waals surface area contributed by atoms with Crippen LogP contribution in [0.5, 0.6) is 0 Å². The number of carbonyl (C=O) groups is 3. The number of nitrogens with two attached hydrogens (primary N) is 1. The number of hydrogen-bond acceptors (Lipinski definition) is 9. The number of aliphatic hydroxyl groups is 2. The fraction of sp³-hybridized carbons (Fsp3) is 0.667. The molecule has 2 heterocycles. The molecule has 4 amide bonds. The van der Waals surface area contributed by atoms with Gasteiger partial charge in [-0.05, 0) is 44.6 Å². The summed E-state index contributed by atoms with van der Waals surface area (Å²) in [6.45, 7) is 3.72. The Morgan fingerprint density at radius 3 is 2.23 bits per heavy atom. The van der Waals surface area contributed by atoms with Crippen LogP contribution in [0.2, 0.25) is 0 Å². The van der Waals surface area contributed by atoms with E-state index in [1.165, 1.54) is 20.2 Å². The molecule has 4 rings (SSSR count). The first-order chi connectivity index (χ1) is 24.8. The molecule has 16 heteroatoms. The molecule has 290 valence electrons. The number of benzene rings is 1. The van der Waals surface area contributed by atoms with Crippen molar-refractivity contribution >= 4 is 27.9 Å². The lowest BCUT2D eigenvalue weighted by Crippen LogP contribution is -2.59. The van der Waals surface area contributed by atoms with Gasteiger partial charge in [-0.25, -0.2) is 22.9 Å². The molecule has 0 bridgehead atoms. The highest BCUT2D eigenvalue weighted by Crippen LogP contribution is 2.28. The van der Waals surface area contributed by atoms with Crippen LogP contribution in [-0.4, -0.2) is 113 Å². The number of imidazole rings is 1. The summed E-state index contributed by atoms with van der Waals surface area (Å²) < 4.78 is 26.9. The Kier molecular flexibility index (Phi) is 15.9. The van der Waals surface area contributed by atoms with Crippen molar-refractivity contribution in [2.45, 2.75) is 126 Å². The summed E-state index contributed by atoms with van der Waals surface area (Å²) in [5, 5.41) is 30.1. The van der Waals surface area contributed by atoms with Gasteiger partial charge in [0, 0.05) is 56.8 Å². The lowest BCUT2D eigenvalue weighted by Gasteiger charge is -2.33. The third kappa shape index (κ3) is 13.1. The first-order valence-corrected chi connectivity index (χ1v) is 20.1. The SMILES string of the molecule is CC(C)S(=O)(=O)NC[C@H](O)C[C@H](O)[C@H](CC1CCCCC1)NC(=O)[C@H](Cc1cnc[nH]1)NC(=O)[C@H](Cc1ccccc1)NC(=O)N1CCC(N)CC1. The van der Waals surface area contributed by atoms with Crippen LogP contribution in [0.3, 0.4) is 0 Å². The van der Waals surface area contributed by atoms with Crippen LogP contribution in [0.15, 0.2) is 42.9 Å². The molecule has 0 unspecified atom stereocenters. The van der Waals surface area contributed by atoms with E-state index in [9.17, 15) is 33.0 Å². The number of aromatic nitrogens is 2. The first-order valence-electron chi connectivity index (χ1n) is 18.6. The number of amides is 4. The van der Waals surface area contributed by atoms with E-state index in [-0.39, 0.29) is 43.8 Å². The predicted molar refractivity (Wildman–Crippen MR) is 197 cm³/mol. The minimum Gasteiger partial charge on any atom is -0.392 e. The van der Waals surface area contributed by atoms with E-state index in [4.69, 9.17) is 5.73 Å². The summed E-state index contributed by atoms with van der Waals surface area (Å²) in [6.07, 6.45) is 7.54. The van der Waals surface area contributed by atoms with Crippen LogP contribution in [0.4, 0.5) is 4.79 Å². The predicted octanol–water partition coefficient (Wildman–Crippen LogP) is 1.08. The minimum absolute atomic E-state index is 0.0237. The second kappa shape index (κ2) is 20.0. The van der Waals surface area contributed by atoms with Crippen LogP contribution >= 0.6 is 0 Å². The molecule has 2 aliphatic rings. The second-order valence-corrected chi connectivity index (χ2v) is 16.9. The van der Waals surface area contributed by atoms with E-state index < -0.39 is 57.4 Å². The van der Waals surface area contributed by atoms with Gasteiger partial charge in [0.15, 0.2) is 0 Å². The summed E-state index contributed by atoms with van der Waals surface area (Å²) in [7, 11) is -3.63. The molecule has 1 aromatic heterocycles. The number of hydrogen-bond donors (Lipinski definition) is 8. The van der Waals surface area contributed by atoms with E-state index in [0.717, 1.165) is 37.7 Å². The molecular weight excluding hydrogens is 689 g/mol. The van der Waals surface area contributed by atoms with Crippen molar-refractivity contribution in [2.75, 3.05) is 19.6 Å². The first kappa shape index (κ1) is 41.2. The molecule has 1 aliphatic carbocycles. The van der Waals surface area contributed by atoms with Gasteiger partial charge in [0.05, 0.1) is 29.8 Å². The van der Waals surface area contributed by atoms with Gasteiger partial charge in [-0.15, -0.1) is 0 Å². The smallest absolute Gasteiger partial charge is 0.318 e. The maximum absolute atomic E-state index is 14.1. The molecular formula is C36H58N8O7S. The van der Waals surface area contributed by atoms with Crippen molar-refractivity contribution in [3.05, 3.63) is 54.1 Å². The quantitative estimate of drug-likeness (QED) is 0.109. The van der Waals surface area contributed by atoms with Gasteiger partial charge in [0.2, 0.25) is 21.8 Å². The zero-order valence-corrected chi connectivity index (χ0v) is 31.2. The van der Waals surface area contributed by atoms with Crippen LogP contribution < -0.4 is 26.4 Å². The topological polar surface area (TPSA) is 232 Å². The third-order valence-electron chi connectivity index (χ3n) is 10.1. The third-order valence-corrected chi connectivity index (χ3v) is 11.9. The fourth-order valence-electron chi connectivity index (χ4n) is 6.78. The van der Waals surface area contributed by atoms with E-state index in [1.807, 2.05) is 30.3 Å². The van der Waals surface area contributed by atoms with Gasteiger partial charge in [-0.3, -0.25) is 9.59 Å². The number of carbonyl (C=O) groups excluding carboxylic acids is 3. The molecule has 52 heavy (non-hydrogen) atoms. The van der Waals surface area contributed by atoms with E-state index in [0.29, 0.717) is 38.0 Å². The zero-order valence-electron chi connectivity index (χ0n) is 30.4.